The minimum atomic E-state index is -0.429. The average Bonchev–Trinajstić information content (AvgIpc) is 2.26. The Balaban J connectivity index is 2.21. The molecule has 0 bridgehead atoms. The molecule has 1 aliphatic rings. The molecule has 0 fully saturated rings. The van der Waals surface area contributed by atoms with Crippen molar-refractivity contribution in [2.45, 2.75) is 13.0 Å². The lowest BCUT2D eigenvalue weighted by Gasteiger charge is -2.19. The Kier molecular flexibility index (Phi) is 2.99. The maximum absolute atomic E-state index is 12.0. The highest BCUT2D eigenvalue weighted by Crippen LogP contribution is 2.24. The van der Waals surface area contributed by atoms with E-state index in [2.05, 4.69) is 11.4 Å². The van der Waals surface area contributed by atoms with Crippen LogP contribution in [0.1, 0.15) is 11.1 Å². The molecule has 0 saturated carbocycles. The van der Waals surface area contributed by atoms with Crippen molar-refractivity contribution in [3.05, 3.63) is 29.3 Å². The van der Waals surface area contributed by atoms with Crippen LogP contribution < -0.4 is 10.1 Å². The Morgan fingerprint density at radius 3 is 3.21 bits per heavy atom. The summed E-state index contributed by atoms with van der Waals surface area (Å²) in [6, 6.07) is 5.96. The average molecular weight is 195 g/mol. The Morgan fingerprint density at radius 1 is 1.43 bits per heavy atom. The van der Waals surface area contributed by atoms with Crippen LogP contribution in [0.25, 0.3) is 0 Å². The second-order valence-corrected chi connectivity index (χ2v) is 3.36. The number of fused-ring (bicyclic) bond motifs is 1. The number of hydrogen-bond donors (Lipinski definition) is 1. The Morgan fingerprint density at radius 2 is 2.36 bits per heavy atom. The zero-order chi connectivity index (χ0) is 9.80. The minimum absolute atomic E-state index is 0.157. The van der Waals surface area contributed by atoms with Crippen molar-refractivity contribution in [1.82, 2.24) is 5.32 Å². The van der Waals surface area contributed by atoms with Gasteiger partial charge in [-0.15, -0.1) is 0 Å². The first-order chi connectivity index (χ1) is 6.92. The van der Waals surface area contributed by atoms with E-state index in [0.717, 1.165) is 25.3 Å². The molecule has 1 aliphatic heterocycles. The third-order valence-electron chi connectivity index (χ3n) is 2.43. The van der Waals surface area contributed by atoms with Gasteiger partial charge in [-0.1, -0.05) is 12.1 Å². The summed E-state index contributed by atoms with van der Waals surface area (Å²) < 4.78 is 17.3. The van der Waals surface area contributed by atoms with Crippen LogP contribution in [0.4, 0.5) is 4.39 Å². The van der Waals surface area contributed by atoms with Crippen molar-refractivity contribution in [3.8, 4) is 5.75 Å². The molecule has 14 heavy (non-hydrogen) atoms. The van der Waals surface area contributed by atoms with Crippen molar-refractivity contribution >= 4 is 0 Å². The smallest absolute Gasteiger partial charge is 0.123 e. The van der Waals surface area contributed by atoms with Gasteiger partial charge in [0, 0.05) is 6.54 Å². The SMILES string of the molecule is FCCOc1cccc2c1CCNC2. The molecule has 1 aromatic rings. The van der Waals surface area contributed by atoms with E-state index in [-0.39, 0.29) is 6.61 Å². The van der Waals surface area contributed by atoms with Crippen LogP contribution in [0.3, 0.4) is 0 Å². The Labute approximate surface area is 83.1 Å². The van der Waals surface area contributed by atoms with E-state index < -0.39 is 6.67 Å². The maximum atomic E-state index is 12.0. The predicted octanol–water partition coefficient (Wildman–Crippen LogP) is 1.68. The van der Waals surface area contributed by atoms with Crippen molar-refractivity contribution in [2.24, 2.45) is 0 Å². The molecule has 1 N–H and O–H groups in total. The molecule has 0 unspecified atom stereocenters. The molecule has 76 valence electrons. The molecule has 0 spiro atoms. The van der Waals surface area contributed by atoms with E-state index in [4.69, 9.17) is 4.74 Å². The molecule has 3 heteroatoms. The van der Waals surface area contributed by atoms with Crippen LogP contribution in [0, 0.1) is 0 Å². The fourth-order valence-electron chi connectivity index (χ4n) is 1.78. The lowest BCUT2D eigenvalue weighted by atomic mass is 10.0. The van der Waals surface area contributed by atoms with Crippen molar-refractivity contribution in [1.29, 1.82) is 0 Å². The minimum Gasteiger partial charge on any atom is -0.491 e. The first-order valence-corrected chi connectivity index (χ1v) is 4.92. The fraction of sp³-hybridized carbons (Fsp3) is 0.455. The van der Waals surface area contributed by atoms with Gasteiger partial charge in [0.15, 0.2) is 0 Å². The van der Waals surface area contributed by atoms with Gasteiger partial charge in [-0.25, -0.2) is 4.39 Å². The summed E-state index contributed by atoms with van der Waals surface area (Å²) >= 11 is 0. The molecule has 0 saturated heterocycles. The van der Waals surface area contributed by atoms with E-state index >= 15 is 0 Å². The second-order valence-electron chi connectivity index (χ2n) is 3.36. The number of rotatable bonds is 3. The summed E-state index contributed by atoms with van der Waals surface area (Å²) in [7, 11) is 0. The van der Waals surface area contributed by atoms with Gasteiger partial charge in [-0.3, -0.25) is 0 Å². The van der Waals surface area contributed by atoms with Gasteiger partial charge in [-0.05, 0) is 30.2 Å². The van der Waals surface area contributed by atoms with Gasteiger partial charge < -0.3 is 10.1 Å². The standard InChI is InChI=1S/C11H14FNO/c12-5-7-14-11-3-1-2-9-8-13-6-4-10(9)11/h1-3,13H,4-8H2. The third kappa shape index (κ3) is 1.87. The summed E-state index contributed by atoms with van der Waals surface area (Å²) in [6.07, 6.45) is 0.970. The van der Waals surface area contributed by atoms with Gasteiger partial charge in [0.1, 0.15) is 19.0 Å². The lowest BCUT2D eigenvalue weighted by molar-refractivity contribution is 0.270. The summed E-state index contributed by atoms with van der Waals surface area (Å²) in [6.45, 7) is 1.59. The molecule has 1 aromatic carbocycles. The molecule has 2 rings (SSSR count). The number of nitrogens with one attached hydrogen (secondary N) is 1. The first kappa shape index (κ1) is 9.46. The van der Waals surface area contributed by atoms with Gasteiger partial charge in [0.25, 0.3) is 0 Å². The van der Waals surface area contributed by atoms with Crippen LogP contribution in [0.2, 0.25) is 0 Å². The predicted molar refractivity (Wildman–Crippen MR) is 53.3 cm³/mol. The topological polar surface area (TPSA) is 21.3 Å². The van der Waals surface area contributed by atoms with E-state index in [1.54, 1.807) is 0 Å². The summed E-state index contributed by atoms with van der Waals surface area (Å²) in [5.41, 5.74) is 2.51. The quantitative estimate of drug-likeness (QED) is 0.792. The highest BCUT2D eigenvalue weighted by molar-refractivity contribution is 5.41. The maximum Gasteiger partial charge on any atom is 0.123 e. The highest BCUT2D eigenvalue weighted by atomic mass is 19.1. The van der Waals surface area contributed by atoms with Gasteiger partial charge in [0.2, 0.25) is 0 Å². The van der Waals surface area contributed by atoms with Crippen LogP contribution in [-0.4, -0.2) is 19.8 Å². The lowest BCUT2D eigenvalue weighted by Crippen LogP contribution is -2.24. The van der Waals surface area contributed by atoms with Gasteiger partial charge in [-0.2, -0.15) is 0 Å². The number of halogens is 1. The summed E-state index contributed by atoms with van der Waals surface area (Å²) in [5, 5.41) is 3.29. The largest absolute Gasteiger partial charge is 0.491 e. The monoisotopic (exact) mass is 195 g/mol. The first-order valence-electron chi connectivity index (χ1n) is 4.92. The molecule has 0 aliphatic carbocycles. The zero-order valence-electron chi connectivity index (χ0n) is 8.05. The normalized spacial score (nSPS) is 14.9. The molecule has 0 radical (unpaired) electrons. The van der Waals surface area contributed by atoms with E-state index in [9.17, 15) is 4.39 Å². The third-order valence-corrected chi connectivity index (χ3v) is 2.43. The van der Waals surface area contributed by atoms with Crippen molar-refractivity contribution in [3.63, 3.8) is 0 Å². The Bertz CT molecular complexity index is 314. The van der Waals surface area contributed by atoms with Gasteiger partial charge >= 0.3 is 0 Å². The second kappa shape index (κ2) is 4.42. The molecule has 0 atom stereocenters. The van der Waals surface area contributed by atoms with E-state index in [0.29, 0.717) is 0 Å². The van der Waals surface area contributed by atoms with Crippen LogP contribution >= 0.6 is 0 Å². The number of alkyl halides is 1. The number of benzene rings is 1. The molecular formula is C11H14FNO. The summed E-state index contributed by atoms with van der Waals surface area (Å²) in [4.78, 5) is 0. The van der Waals surface area contributed by atoms with E-state index in [1.165, 1.54) is 11.1 Å². The number of hydrogen-bond acceptors (Lipinski definition) is 2. The van der Waals surface area contributed by atoms with E-state index in [1.807, 2.05) is 12.1 Å². The molecular weight excluding hydrogens is 181 g/mol. The Hall–Kier alpha value is -1.09. The number of ether oxygens (including phenoxy) is 1. The molecule has 0 amide bonds. The molecule has 0 aromatic heterocycles. The highest BCUT2D eigenvalue weighted by Gasteiger charge is 2.12. The van der Waals surface area contributed by atoms with Crippen molar-refractivity contribution in [2.75, 3.05) is 19.8 Å². The zero-order valence-corrected chi connectivity index (χ0v) is 8.05. The molecule has 1 heterocycles. The fourth-order valence-corrected chi connectivity index (χ4v) is 1.78. The van der Waals surface area contributed by atoms with Crippen LogP contribution in [0.5, 0.6) is 5.75 Å². The van der Waals surface area contributed by atoms with Gasteiger partial charge in [0.05, 0.1) is 0 Å². The molecule has 2 nitrogen and oxygen atoms in total. The van der Waals surface area contributed by atoms with Crippen molar-refractivity contribution < 1.29 is 9.13 Å². The van der Waals surface area contributed by atoms with Crippen LogP contribution in [-0.2, 0) is 13.0 Å². The van der Waals surface area contributed by atoms with Crippen LogP contribution in [0.15, 0.2) is 18.2 Å². The summed E-state index contributed by atoms with van der Waals surface area (Å²) in [5.74, 6) is 0.849.